The summed E-state index contributed by atoms with van der Waals surface area (Å²) >= 11 is 0. The molecule has 0 spiro atoms. The molecule has 0 aromatic heterocycles. The second-order valence-corrected chi connectivity index (χ2v) is 5.27. The number of carboxylic acids is 1. The number of likely N-dealkylation sites (N-methyl/N-ethyl adjacent to an activating group) is 1. The number of hydrogen-bond donors (Lipinski definition) is 3. The van der Waals surface area contributed by atoms with Gasteiger partial charge in [-0.1, -0.05) is 0 Å². The molecule has 0 radical (unpaired) electrons. The number of carbonyl (C=O) groups excluding carboxylic acids is 1. The number of carboxylic acid groups (broad SMARTS) is 1. The lowest BCUT2D eigenvalue weighted by Gasteiger charge is -2.09. The maximum atomic E-state index is 13.7. The first kappa shape index (κ1) is 16.0. The highest BCUT2D eigenvalue weighted by molar-refractivity contribution is 7.89. The number of sulfonamides is 1. The zero-order chi connectivity index (χ0) is 15.5. The summed E-state index contributed by atoms with van der Waals surface area (Å²) < 4.78 is 52.1. The molecule has 1 rings (SSSR count). The first-order valence-corrected chi connectivity index (χ1v) is 6.60. The lowest BCUT2D eigenvalue weighted by molar-refractivity contribution is -0.119. The van der Waals surface area contributed by atoms with Crippen molar-refractivity contribution in [2.75, 3.05) is 13.6 Å². The van der Waals surface area contributed by atoms with Gasteiger partial charge in [0.2, 0.25) is 15.9 Å². The summed E-state index contributed by atoms with van der Waals surface area (Å²) in [4.78, 5) is 20.5. The molecule has 0 aliphatic rings. The van der Waals surface area contributed by atoms with Crippen LogP contribution in [0.2, 0.25) is 0 Å². The summed E-state index contributed by atoms with van der Waals surface area (Å²) in [5.74, 6) is -5.76. The first-order chi connectivity index (χ1) is 9.20. The van der Waals surface area contributed by atoms with Crippen molar-refractivity contribution in [1.29, 1.82) is 0 Å². The van der Waals surface area contributed by atoms with Gasteiger partial charge in [-0.2, -0.15) is 0 Å². The van der Waals surface area contributed by atoms with Crippen molar-refractivity contribution in [3.8, 4) is 0 Å². The van der Waals surface area contributed by atoms with E-state index in [1.807, 2.05) is 0 Å². The predicted octanol–water partition coefficient (Wildman–Crippen LogP) is -0.313. The van der Waals surface area contributed by atoms with E-state index in [0.717, 1.165) is 0 Å². The fraction of sp³-hybridized carbons (Fsp3) is 0.200. The summed E-state index contributed by atoms with van der Waals surface area (Å²) in [6.07, 6.45) is 0. The molecule has 1 aromatic rings. The second kappa shape index (κ2) is 5.92. The molecule has 1 aromatic carbocycles. The zero-order valence-corrected chi connectivity index (χ0v) is 10.9. The number of amides is 1. The van der Waals surface area contributed by atoms with E-state index in [9.17, 15) is 26.8 Å². The Morgan fingerprint density at radius 1 is 1.30 bits per heavy atom. The molecule has 0 saturated carbocycles. The number of aromatic carboxylic acids is 1. The zero-order valence-electron chi connectivity index (χ0n) is 10.1. The molecular formula is C10H10F2N2O5S. The van der Waals surface area contributed by atoms with Crippen molar-refractivity contribution in [3.05, 3.63) is 29.3 Å². The van der Waals surface area contributed by atoms with Crippen LogP contribution in [-0.2, 0) is 14.8 Å². The van der Waals surface area contributed by atoms with Crippen molar-refractivity contribution in [3.63, 3.8) is 0 Å². The minimum absolute atomic E-state index is 0.515. The molecule has 10 heteroatoms. The van der Waals surface area contributed by atoms with Gasteiger partial charge in [-0.15, -0.1) is 0 Å². The Bertz CT molecular complexity index is 660. The van der Waals surface area contributed by atoms with E-state index in [1.54, 1.807) is 4.72 Å². The van der Waals surface area contributed by atoms with Gasteiger partial charge in [-0.25, -0.2) is 26.7 Å². The summed E-state index contributed by atoms with van der Waals surface area (Å²) in [6, 6.07) is 1.09. The van der Waals surface area contributed by atoms with Gasteiger partial charge in [-0.3, -0.25) is 4.79 Å². The third-order valence-corrected chi connectivity index (χ3v) is 3.68. The maximum Gasteiger partial charge on any atom is 0.341 e. The fourth-order valence-corrected chi connectivity index (χ4v) is 2.33. The molecule has 20 heavy (non-hydrogen) atoms. The first-order valence-electron chi connectivity index (χ1n) is 5.12. The molecule has 0 unspecified atom stereocenters. The monoisotopic (exact) mass is 308 g/mol. The van der Waals surface area contributed by atoms with E-state index < -0.39 is 50.5 Å². The van der Waals surface area contributed by atoms with Crippen LogP contribution in [0.1, 0.15) is 10.4 Å². The molecule has 0 bridgehead atoms. The Morgan fingerprint density at radius 3 is 2.40 bits per heavy atom. The highest BCUT2D eigenvalue weighted by Crippen LogP contribution is 2.20. The standard InChI is InChI=1S/C10H10F2N2O5S/c1-13-7(15)4-14-20(18,19)6-3-2-5(11)8(9(6)12)10(16)17/h2-3,14H,4H2,1H3,(H,13,15)(H,16,17). The van der Waals surface area contributed by atoms with Crippen molar-refractivity contribution in [2.45, 2.75) is 4.90 Å². The van der Waals surface area contributed by atoms with Crippen LogP contribution in [0.5, 0.6) is 0 Å². The van der Waals surface area contributed by atoms with Crippen LogP contribution in [0.4, 0.5) is 8.78 Å². The van der Waals surface area contributed by atoms with Gasteiger partial charge in [0.05, 0.1) is 6.54 Å². The van der Waals surface area contributed by atoms with E-state index in [-0.39, 0.29) is 0 Å². The average molecular weight is 308 g/mol. The summed E-state index contributed by atoms with van der Waals surface area (Å²) in [6.45, 7) is -0.669. The molecule has 3 N–H and O–H groups in total. The topological polar surface area (TPSA) is 113 Å². The van der Waals surface area contributed by atoms with Gasteiger partial charge < -0.3 is 10.4 Å². The van der Waals surface area contributed by atoms with Crippen molar-refractivity contribution >= 4 is 21.9 Å². The van der Waals surface area contributed by atoms with Gasteiger partial charge in [0.15, 0.2) is 5.82 Å². The molecule has 0 saturated heterocycles. The summed E-state index contributed by atoms with van der Waals surface area (Å²) in [5.41, 5.74) is -1.38. The van der Waals surface area contributed by atoms with Crippen LogP contribution in [0, 0.1) is 11.6 Å². The van der Waals surface area contributed by atoms with E-state index in [2.05, 4.69) is 5.32 Å². The summed E-state index contributed by atoms with van der Waals surface area (Å²) in [7, 11) is -3.22. The Hall–Kier alpha value is -2.07. The van der Waals surface area contributed by atoms with Crippen LogP contribution in [0.25, 0.3) is 0 Å². The van der Waals surface area contributed by atoms with Crippen LogP contribution >= 0.6 is 0 Å². The second-order valence-electron chi connectivity index (χ2n) is 3.54. The lowest BCUT2D eigenvalue weighted by Crippen LogP contribution is -2.35. The smallest absolute Gasteiger partial charge is 0.341 e. The number of rotatable bonds is 5. The maximum absolute atomic E-state index is 13.7. The molecule has 0 aliphatic heterocycles. The SMILES string of the molecule is CNC(=O)CNS(=O)(=O)c1ccc(F)c(C(=O)O)c1F. The van der Waals surface area contributed by atoms with Crippen LogP contribution in [-0.4, -0.2) is 39.0 Å². The molecule has 0 heterocycles. The number of benzene rings is 1. The Kier molecular flexibility index (Phi) is 4.73. The molecule has 0 atom stereocenters. The Morgan fingerprint density at radius 2 is 1.90 bits per heavy atom. The van der Waals surface area contributed by atoms with Gasteiger partial charge in [0.25, 0.3) is 0 Å². The molecule has 110 valence electrons. The number of hydrogen-bond acceptors (Lipinski definition) is 4. The highest BCUT2D eigenvalue weighted by atomic mass is 32.2. The fourth-order valence-electron chi connectivity index (χ4n) is 1.26. The molecule has 7 nitrogen and oxygen atoms in total. The molecule has 0 fully saturated rings. The van der Waals surface area contributed by atoms with Gasteiger partial charge in [-0.05, 0) is 12.1 Å². The predicted molar refractivity (Wildman–Crippen MR) is 62.6 cm³/mol. The molecule has 1 amide bonds. The van der Waals surface area contributed by atoms with Crippen LogP contribution in [0.3, 0.4) is 0 Å². The number of nitrogens with one attached hydrogen (secondary N) is 2. The quantitative estimate of drug-likeness (QED) is 0.690. The van der Waals surface area contributed by atoms with Crippen LogP contribution < -0.4 is 10.0 Å². The van der Waals surface area contributed by atoms with E-state index >= 15 is 0 Å². The number of halogens is 2. The summed E-state index contributed by atoms with van der Waals surface area (Å²) in [5, 5.41) is 10.8. The highest BCUT2D eigenvalue weighted by Gasteiger charge is 2.27. The minimum atomic E-state index is -4.48. The van der Waals surface area contributed by atoms with E-state index in [0.29, 0.717) is 12.1 Å². The van der Waals surface area contributed by atoms with Gasteiger partial charge in [0.1, 0.15) is 16.3 Å². The normalized spacial score (nSPS) is 11.2. The molecular weight excluding hydrogens is 298 g/mol. The van der Waals surface area contributed by atoms with Crippen molar-refractivity contribution in [2.24, 2.45) is 0 Å². The third-order valence-electron chi connectivity index (χ3n) is 2.26. The Labute approximate surface area is 112 Å². The molecule has 0 aliphatic carbocycles. The van der Waals surface area contributed by atoms with E-state index in [4.69, 9.17) is 5.11 Å². The van der Waals surface area contributed by atoms with E-state index in [1.165, 1.54) is 7.05 Å². The van der Waals surface area contributed by atoms with Gasteiger partial charge >= 0.3 is 5.97 Å². The number of carbonyl (C=O) groups is 2. The average Bonchev–Trinajstić information content (AvgIpc) is 2.35. The third kappa shape index (κ3) is 3.27. The van der Waals surface area contributed by atoms with Crippen molar-refractivity contribution < 1.29 is 31.9 Å². The van der Waals surface area contributed by atoms with Crippen LogP contribution in [0.15, 0.2) is 17.0 Å². The van der Waals surface area contributed by atoms with Gasteiger partial charge in [0, 0.05) is 7.05 Å². The largest absolute Gasteiger partial charge is 0.477 e. The minimum Gasteiger partial charge on any atom is -0.477 e. The van der Waals surface area contributed by atoms with Crippen molar-refractivity contribution in [1.82, 2.24) is 10.0 Å². The Balaban J connectivity index is 3.23. The lowest BCUT2D eigenvalue weighted by atomic mass is 10.2.